The molecule has 2 heteroatoms. The van der Waals surface area contributed by atoms with Crippen LogP contribution in [0.15, 0.2) is 24.3 Å². The van der Waals surface area contributed by atoms with Gasteiger partial charge in [-0.1, -0.05) is 18.6 Å². The lowest BCUT2D eigenvalue weighted by atomic mass is 9.90. The Morgan fingerprint density at radius 2 is 2.19 bits per heavy atom. The molecule has 1 aromatic rings. The lowest BCUT2D eigenvalue weighted by Gasteiger charge is -2.32. The van der Waals surface area contributed by atoms with Crippen molar-refractivity contribution in [3.05, 3.63) is 35.6 Å². The molecule has 1 aromatic carbocycles. The van der Waals surface area contributed by atoms with Gasteiger partial charge in [0.25, 0.3) is 0 Å². The third-order valence-electron chi connectivity index (χ3n) is 4.40. The first-order chi connectivity index (χ1) is 7.75. The minimum atomic E-state index is -0.0957. The van der Waals surface area contributed by atoms with Crippen LogP contribution < -0.4 is 0 Å². The Morgan fingerprint density at radius 3 is 2.94 bits per heavy atom. The van der Waals surface area contributed by atoms with Crippen molar-refractivity contribution in [3.8, 4) is 0 Å². The zero-order chi connectivity index (χ0) is 11.1. The summed E-state index contributed by atoms with van der Waals surface area (Å²) < 4.78 is 13.2. The van der Waals surface area contributed by atoms with Crippen molar-refractivity contribution in [3.63, 3.8) is 0 Å². The fourth-order valence-electron chi connectivity index (χ4n) is 3.56. The minimum absolute atomic E-state index is 0.0957. The van der Waals surface area contributed by atoms with Gasteiger partial charge in [-0.25, -0.2) is 4.39 Å². The second-order valence-electron chi connectivity index (χ2n) is 5.21. The molecule has 0 radical (unpaired) electrons. The van der Waals surface area contributed by atoms with Crippen LogP contribution in [0.3, 0.4) is 0 Å². The lowest BCUT2D eigenvalue weighted by Crippen LogP contribution is -2.37. The molecule has 1 nitrogen and oxygen atoms in total. The molecule has 0 amide bonds. The van der Waals surface area contributed by atoms with Gasteiger partial charge in [-0.2, -0.15) is 0 Å². The summed E-state index contributed by atoms with van der Waals surface area (Å²) in [6, 6.07) is 8.55. The Labute approximate surface area is 96.3 Å². The van der Waals surface area contributed by atoms with Crippen LogP contribution in [0.2, 0.25) is 0 Å². The predicted molar refractivity (Wildman–Crippen MR) is 62.9 cm³/mol. The van der Waals surface area contributed by atoms with E-state index in [1.807, 2.05) is 6.07 Å². The highest BCUT2D eigenvalue weighted by atomic mass is 19.1. The van der Waals surface area contributed by atoms with Gasteiger partial charge in [0.05, 0.1) is 0 Å². The number of halogens is 1. The molecule has 2 heterocycles. The summed E-state index contributed by atoms with van der Waals surface area (Å²) in [5.41, 5.74) is 1.20. The molecule has 0 aliphatic carbocycles. The van der Waals surface area contributed by atoms with Gasteiger partial charge in [-0.3, -0.25) is 4.90 Å². The maximum absolute atomic E-state index is 13.2. The summed E-state index contributed by atoms with van der Waals surface area (Å²) in [5, 5.41) is 0. The van der Waals surface area contributed by atoms with Crippen molar-refractivity contribution in [1.29, 1.82) is 0 Å². The third kappa shape index (κ3) is 1.56. The molecule has 0 unspecified atom stereocenters. The highest BCUT2D eigenvalue weighted by molar-refractivity contribution is 5.25. The number of fused-ring (bicyclic) bond motifs is 2. The number of hydrogen-bond acceptors (Lipinski definition) is 1. The molecule has 16 heavy (non-hydrogen) atoms. The first kappa shape index (κ1) is 10.3. The quantitative estimate of drug-likeness (QED) is 0.701. The number of benzene rings is 1. The molecule has 0 saturated carbocycles. The van der Waals surface area contributed by atoms with Crippen LogP contribution in [0.5, 0.6) is 0 Å². The van der Waals surface area contributed by atoms with Gasteiger partial charge in [0, 0.05) is 18.0 Å². The van der Waals surface area contributed by atoms with Gasteiger partial charge < -0.3 is 0 Å². The van der Waals surface area contributed by atoms with E-state index in [1.54, 1.807) is 6.07 Å². The maximum Gasteiger partial charge on any atom is 0.123 e. The molecule has 0 N–H and O–H groups in total. The smallest absolute Gasteiger partial charge is 0.123 e. The van der Waals surface area contributed by atoms with E-state index in [0.717, 1.165) is 6.04 Å². The fraction of sp³-hybridized carbons (Fsp3) is 0.571. The van der Waals surface area contributed by atoms with Crippen LogP contribution in [0.25, 0.3) is 0 Å². The zero-order valence-corrected chi connectivity index (χ0v) is 9.70. The second-order valence-corrected chi connectivity index (χ2v) is 5.21. The van der Waals surface area contributed by atoms with Crippen LogP contribution in [0.1, 0.15) is 37.2 Å². The van der Waals surface area contributed by atoms with Crippen molar-refractivity contribution < 1.29 is 4.39 Å². The van der Waals surface area contributed by atoms with Crippen LogP contribution in [-0.2, 0) is 0 Å². The molecule has 86 valence electrons. The summed E-state index contributed by atoms with van der Waals surface area (Å²) in [5.74, 6) is 0.454. The van der Waals surface area contributed by atoms with Crippen molar-refractivity contribution >= 4 is 0 Å². The second kappa shape index (κ2) is 3.85. The minimum Gasteiger partial charge on any atom is -0.300 e. The van der Waals surface area contributed by atoms with Crippen molar-refractivity contribution in [2.75, 3.05) is 7.05 Å². The summed E-state index contributed by atoms with van der Waals surface area (Å²) >= 11 is 0. The van der Waals surface area contributed by atoms with E-state index in [1.165, 1.54) is 37.3 Å². The summed E-state index contributed by atoms with van der Waals surface area (Å²) in [4.78, 5) is 2.51. The van der Waals surface area contributed by atoms with Gasteiger partial charge in [0.2, 0.25) is 0 Å². The molecule has 3 rings (SSSR count). The third-order valence-corrected chi connectivity index (χ3v) is 4.40. The molecule has 3 atom stereocenters. The topological polar surface area (TPSA) is 3.24 Å². The van der Waals surface area contributed by atoms with E-state index in [2.05, 4.69) is 18.0 Å². The number of likely N-dealkylation sites (N-methyl/N-ethyl adjacent to an activating group) is 1. The highest BCUT2D eigenvalue weighted by Gasteiger charge is 2.41. The highest BCUT2D eigenvalue weighted by Crippen LogP contribution is 2.43. The molecule has 2 aliphatic rings. The number of hydrogen-bond donors (Lipinski definition) is 0. The first-order valence-corrected chi connectivity index (χ1v) is 6.23. The summed E-state index contributed by atoms with van der Waals surface area (Å²) in [6.45, 7) is 0. The summed E-state index contributed by atoms with van der Waals surface area (Å²) in [7, 11) is 2.23. The van der Waals surface area contributed by atoms with Crippen molar-refractivity contribution in [2.24, 2.45) is 0 Å². The number of nitrogens with zero attached hydrogens (tertiary/aromatic N) is 1. The van der Waals surface area contributed by atoms with E-state index in [0.29, 0.717) is 12.0 Å². The van der Waals surface area contributed by atoms with Gasteiger partial charge in [0.1, 0.15) is 5.82 Å². The Balaban J connectivity index is 1.91. The molecule has 2 aliphatic heterocycles. The zero-order valence-electron chi connectivity index (χ0n) is 9.70. The first-order valence-electron chi connectivity index (χ1n) is 6.23. The van der Waals surface area contributed by atoms with Crippen molar-refractivity contribution in [1.82, 2.24) is 4.90 Å². The average molecular weight is 219 g/mol. The molecule has 2 saturated heterocycles. The van der Waals surface area contributed by atoms with E-state index in [4.69, 9.17) is 0 Å². The van der Waals surface area contributed by atoms with Crippen LogP contribution in [0, 0.1) is 5.82 Å². The van der Waals surface area contributed by atoms with Gasteiger partial charge >= 0.3 is 0 Å². The van der Waals surface area contributed by atoms with Crippen molar-refractivity contribution in [2.45, 2.75) is 43.7 Å². The van der Waals surface area contributed by atoms with Gasteiger partial charge in [-0.05, 0) is 44.0 Å². The Morgan fingerprint density at radius 1 is 1.31 bits per heavy atom. The largest absolute Gasteiger partial charge is 0.300 e. The Hall–Kier alpha value is -0.890. The molecule has 2 bridgehead atoms. The Bertz CT molecular complexity index is 390. The van der Waals surface area contributed by atoms with E-state index >= 15 is 0 Å². The maximum atomic E-state index is 13.2. The Kier molecular flexibility index (Phi) is 2.47. The molecular weight excluding hydrogens is 201 g/mol. The predicted octanol–water partition coefficient (Wildman–Crippen LogP) is 3.17. The van der Waals surface area contributed by atoms with Gasteiger partial charge in [0.15, 0.2) is 0 Å². The van der Waals surface area contributed by atoms with Crippen LogP contribution >= 0.6 is 0 Å². The summed E-state index contributed by atoms with van der Waals surface area (Å²) in [6.07, 6.45) is 5.14. The number of piperidine rings is 1. The van der Waals surface area contributed by atoms with E-state index < -0.39 is 0 Å². The molecule has 0 aromatic heterocycles. The average Bonchev–Trinajstić information content (AvgIpc) is 2.49. The fourth-order valence-corrected chi connectivity index (χ4v) is 3.56. The standard InChI is InChI=1S/C14H18FN/c1-16-12-6-3-7-14(16)13(9-12)10-4-2-5-11(15)8-10/h2,4-5,8,12-14H,3,6-7,9H2,1H3/t12-,13+,14+/m0/s1. The molecule has 2 fully saturated rings. The van der Waals surface area contributed by atoms with E-state index in [9.17, 15) is 4.39 Å². The SMILES string of the molecule is CN1[C@H]2CCC[C@@H]1[C@@H](c1cccc(F)c1)C2. The number of rotatable bonds is 1. The monoisotopic (exact) mass is 219 g/mol. The molecule has 0 spiro atoms. The molecular formula is C14H18FN. The van der Waals surface area contributed by atoms with Crippen LogP contribution in [0.4, 0.5) is 4.39 Å². The normalized spacial score (nSPS) is 34.2. The van der Waals surface area contributed by atoms with E-state index in [-0.39, 0.29) is 5.82 Å². The lowest BCUT2D eigenvalue weighted by molar-refractivity contribution is 0.174. The van der Waals surface area contributed by atoms with Crippen LogP contribution in [-0.4, -0.2) is 24.0 Å². The van der Waals surface area contributed by atoms with Gasteiger partial charge in [-0.15, -0.1) is 0 Å².